The van der Waals surface area contributed by atoms with Crippen LogP contribution in [-0.2, 0) is 13.7 Å². The lowest BCUT2D eigenvalue weighted by molar-refractivity contribution is 0.101. The van der Waals surface area contributed by atoms with Gasteiger partial charge in [0, 0.05) is 12.7 Å². The third-order valence-electron chi connectivity index (χ3n) is 6.76. The number of carbonyl (C=O) groups excluding carboxylic acids is 1. The molecule has 7 nitrogen and oxygen atoms in total. The van der Waals surface area contributed by atoms with Crippen molar-refractivity contribution in [2.24, 2.45) is 7.05 Å². The monoisotopic (exact) mass is 517 g/mol. The normalized spacial score (nSPS) is 17.5. The fourth-order valence-electron chi connectivity index (χ4n) is 4.86. The van der Waals surface area contributed by atoms with E-state index in [9.17, 15) is 9.82 Å². The van der Waals surface area contributed by atoms with Crippen LogP contribution in [0.2, 0.25) is 6.82 Å². The molecule has 0 aliphatic heterocycles. The van der Waals surface area contributed by atoms with Crippen molar-refractivity contribution in [2.45, 2.75) is 51.3 Å². The summed E-state index contributed by atoms with van der Waals surface area (Å²) in [6, 6.07) is 19.7. The molecule has 5 rings (SSSR count). The summed E-state index contributed by atoms with van der Waals surface area (Å²) in [5.74, 6) is 1.47. The molecular weight excluding hydrogens is 485 g/mol. The number of amides is 1. The fourth-order valence-corrected chi connectivity index (χ4v) is 5.71. The van der Waals surface area contributed by atoms with Gasteiger partial charge < -0.3 is 29.6 Å². The Bertz CT molecular complexity index is 1340. The van der Waals surface area contributed by atoms with Gasteiger partial charge in [-0.2, -0.15) is 0 Å². The Kier molecular flexibility index (Phi) is 7.83. The summed E-state index contributed by atoms with van der Waals surface area (Å²) in [6.45, 7) is 2.15. The Morgan fingerprint density at radius 3 is 2.57 bits per heavy atom. The van der Waals surface area contributed by atoms with E-state index >= 15 is 0 Å². The predicted molar refractivity (Wildman–Crippen MR) is 150 cm³/mol. The molecule has 0 radical (unpaired) electrons. The summed E-state index contributed by atoms with van der Waals surface area (Å²) in [5.41, 5.74) is 3.40. The van der Waals surface area contributed by atoms with Crippen LogP contribution in [0.4, 0.5) is 5.69 Å². The van der Waals surface area contributed by atoms with E-state index in [1.165, 1.54) is 0 Å². The Labute approximate surface area is 221 Å². The van der Waals surface area contributed by atoms with Gasteiger partial charge in [-0.3, -0.25) is 4.79 Å². The zero-order chi connectivity index (χ0) is 25.8. The third kappa shape index (κ3) is 6.36. The number of carbonyl (C=O) groups is 1. The Hall–Kier alpha value is -3.27. The molecule has 9 heteroatoms. The maximum absolute atomic E-state index is 12.8. The molecule has 2 aromatic carbocycles. The summed E-state index contributed by atoms with van der Waals surface area (Å²) in [4.78, 5) is 12.8. The highest BCUT2D eigenvalue weighted by Gasteiger charge is 2.23. The highest BCUT2D eigenvalue weighted by atomic mass is 32.1. The first-order valence-electron chi connectivity index (χ1n) is 12.7. The summed E-state index contributed by atoms with van der Waals surface area (Å²) in [7, 11) is 1.44. The van der Waals surface area contributed by atoms with Gasteiger partial charge in [0.05, 0.1) is 16.3 Å². The van der Waals surface area contributed by atoms with Crippen molar-refractivity contribution >= 4 is 40.2 Å². The van der Waals surface area contributed by atoms with Crippen LogP contribution in [0, 0.1) is 0 Å². The summed E-state index contributed by atoms with van der Waals surface area (Å²) in [6.07, 6.45) is 4.14. The second-order valence-electron chi connectivity index (χ2n) is 9.61. The number of anilines is 1. The predicted octanol–water partition coefficient (Wildman–Crippen LogP) is 5.46. The van der Waals surface area contributed by atoms with E-state index < -0.39 is 7.05 Å². The van der Waals surface area contributed by atoms with Crippen molar-refractivity contribution in [3.8, 4) is 11.5 Å². The van der Waals surface area contributed by atoms with Crippen molar-refractivity contribution in [3.05, 3.63) is 77.3 Å². The van der Waals surface area contributed by atoms with E-state index in [1.807, 2.05) is 77.7 Å². The first-order valence-corrected chi connectivity index (χ1v) is 13.6. The van der Waals surface area contributed by atoms with Gasteiger partial charge in [-0.1, -0.05) is 12.1 Å². The van der Waals surface area contributed by atoms with E-state index in [4.69, 9.17) is 9.47 Å². The van der Waals surface area contributed by atoms with E-state index in [2.05, 4.69) is 10.5 Å². The standard InChI is InChI=1S/C28H32BN3O4S/c1-29(34)31-20-6-8-23(9-7-20)36-24-12-10-22(11-13-24)35-18-19-4-3-5-21(16-19)30-28(33)26-17-27-25(32(26)2)14-15-37-27/h3-5,10-17,20,23,31,34H,6-9,18H2,1-2H3,(H,30,33)/t20-,23+. The molecular formula is C28H32BN3O4S. The highest BCUT2D eigenvalue weighted by molar-refractivity contribution is 7.17. The van der Waals surface area contributed by atoms with Crippen molar-refractivity contribution in [2.75, 3.05) is 5.32 Å². The Morgan fingerprint density at radius 2 is 1.84 bits per heavy atom. The smallest absolute Gasteiger partial charge is 0.373 e. The molecule has 192 valence electrons. The maximum Gasteiger partial charge on any atom is 0.373 e. The topological polar surface area (TPSA) is 84.8 Å². The molecule has 4 aromatic rings. The molecule has 0 saturated heterocycles. The van der Waals surface area contributed by atoms with Crippen molar-refractivity contribution in [1.82, 2.24) is 9.79 Å². The van der Waals surface area contributed by atoms with Crippen LogP contribution in [0.15, 0.2) is 66.0 Å². The number of hydrogen-bond acceptors (Lipinski definition) is 6. The second-order valence-corrected chi connectivity index (χ2v) is 10.6. The molecule has 1 amide bonds. The van der Waals surface area contributed by atoms with Gasteiger partial charge in [-0.25, -0.2) is 0 Å². The van der Waals surface area contributed by atoms with Gasteiger partial charge in [0.15, 0.2) is 0 Å². The molecule has 37 heavy (non-hydrogen) atoms. The first-order chi connectivity index (χ1) is 17.9. The van der Waals surface area contributed by atoms with Crippen LogP contribution in [0.5, 0.6) is 11.5 Å². The molecule has 0 unspecified atom stereocenters. The lowest BCUT2D eigenvalue weighted by Crippen LogP contribution is -2.43. The number of ether oxygens (including phenoxy) is 2. The lowest BCUT2D eigenvalue weighted by Gasteiger charge is -2.30. The molecule has 1 aliphatic carbocycles. The van der Waals surface area contributed by atoms with Gasteiger partial charge in [0.25, 0.3) is 5.91 Å². The molecule has 1 saturated carbocycles. The first kappa shape index (κ1) is 25.4. The zero-order valence-corrected chi connectivity index (χ0v) is 22.0. The summed E-state index contributed by atoms with van der Waals surface area (Å²) < 4.78 is 15.1. The Morgan fingerprint density at radius 1 is 1.08 bits per heavy atom. The van der Waals surface area contributed by atoms with Crippen LogP contribution in [-0.4, -0.2) is 34.7 Å². The van der Waals surface area contributed by atoms with Crippen molar-refractivity contribution < 1.29 is 19.3 Å². The number of aryl methyl sites for hydroxylation is 1. The van der Waals surface area contributed by atoms with Crippen LogP contribution in [0.25, 0.3) is 10.2 Å². The van der Waals surface area contributed by atoms with E-state index in [0.717, 1.165) is 58.6 Å². The van der Waals surface area contributed by atoms with Gasteiger partial charge in [-0.05, 0) is 98.0 Å². The average molecular weight is 517 g/mol. The van der Waals surface area contributed by atoms with Crippen LogP contribution in [0.3, 0.4) is 0 Å². The van der Waals surface area contributed by atoms with Crippen LogP contribution >= 0.6 is 11.3 Å². The van der Waals surface area contributed by atoms with Gasteiger partial charge >= 0.3 is 7.05 Å². The van der Waals surface area contributed by atoms with Gasteiger partial charge in [-0.15, -0.1) is 11.3 Å². The van der Waals surface area contributed by atoms with E-state index in [1.54, 1.807) is 18.2 Å². The van der Waals surface area contributed by atoms with Gasteiger partial charge in [0.2, 0.25) is 0 Å². The Balaban J connectivity index is 1.11. The summed E-state index contributed by atoms with van der Waals surface area (Å²) >= 11 is 1.63. The lowest BCUT2D eigenvalue weighted by atomic mass is 9.83. The molecule has 2 aromatic heterocycles. The largest absolute Gasteiger partial charge is 0.490 e. The van der Waals surface area contributed by atoms with Gasteiger partial charge in [0.1, 0.15) is 23.8 Å². The van der Waals surface area contributed by atoms with E-state index in [0.29, 0.717) is 18.3 Å². The van der Waals surface area contributed by atoms with Crippen molar-refractivity contribution in [1.29, 1.82) is 0 Å². The molecule has 0 atom stereocenters. The quantitative estimate of drug-likeness (QED) is 0.257. The number of benzene rings is 2. The molecule has 3 N–H and O–H groups in total. The number of fused-ring (bicyclic) bond motifs is 1. The zero-order valence-electron chi connectivity index (χ0n) is 21.1. The molecule has 1 aliphatic rings. The van der Waals surface area contributed by atoms with E-state index in [-0.39, 0.29) is 12.0 Å². The minimum atomic E-state index is -0.469. The number of nitrogens with one attached hydrogen (secondary N) is 2. The highest BCUT2D eigenvalue weighted by Crippen LogP contribution is 2.27. The summed E-state index contributed by atoms with van der Waals surface area (Å²) in [5, 5.41) is 17.7. The van der Waals surface area contributed by atoms with Crippen molar-refractivity contribution in [3.63, 3.8) is 0 Å². The molecule has 1 fully saturated rings. The third-order valence-corrected chi connectivity index (χ3v) is 7.62. The minimum Gasteiger partial charge on any atom is -0.490 e. The average Bonchev–Trinajstić information content (AvgIpc) is 3.48. The number of rotatable bonds is 9. The molecule has 0 spiro atoms. The minimum absolute atomic E-state index is 0.132. The number of thiophene rings is 1. The fraction of sp³-hybridized carbons (Fsp3) is 0.321. The molecule has 0 bridgehead atoms. The SMILES string of the molecule is CB(O)N[C@H]1CC[C@@H](Oc2ccc(OCc3cccc(NC(=O)c4cc5sccc5n4C)c3)cc2)CC1. The van der Waals surface area contributed by atoms with Crippen LogP contribution in [0.1, 0.15) is 41.7 Å². The second kappa shape index (κ2) is 11.4. The maximum atomic E-state index is 12.8. The molecule has 2 heterocycles. The number of aromatic nitrogens is 1. The van der Waals surface area contributed by atoms with Crippen LogP contribution < -0.4 is 20.0 Å². The number of nitrogens with zero attached hydrogens (tertiary/aromatic N) is 1. The number of hydrogen-bond donors (Lipinski definition) is 3.